The Morgan fingerprint density at radius 3 is 2.69 bits per heavy atom. The van der Waals surface area contributed by atoms with Crippen LogP contribution in [0.25, 0.3) is 0 Å². The fraction of sp³-hybridized carbons (Fsp3) is 0.571. The third kappa shape index (κ3) is 2.13. The highest BCUT2D eigenvalue weighted by Gasteiger charge is 2.40. The first kappa shape index (κ1) is 11.6. The van der Waals surface area contributed by atoms with E-state index in [1.54, 1.807) is 0 Å². The molecule has 2 heteroatoms. The molecule has 1 aromatic carbocycles. The molecule has 0 spiro atoms. The topological polar surface area (TPSA) is 23.5 Å². The van der Waals surface area contributed by atoms with Crippen LogP contribution in [-0.2, 0) is 6.54 Å². The first-order valence-electron chi connectivity index (χ1n) is 6.10. The summed E-state index contributed by atoms with van der Waals surface area (Å²) >= 11 is 0. The third-order valence-corrected chi connectivity index (χ3v) is 3.95. The van der Waals surface area contributed by atoms with Crippen molar-refractivity contribution in [3.63, 3.8) is 0 Å². The van der Waals surface area contributed by atoms with Crippen LogP contribution in [0, 0.1) is 0 Å². The van der Waals surface area contributed by atoms with Gasteiger partial charge in [0.1, 0.15) is 0 Å². The Bertz CT molecular complexity index is 336. The predicted molar refractivity (Wildman–Crippen MR) is 66.2 cm³/mol. The van der Waals surface area contributed by atoms with E-state index < -0.39 is 0 Å². The van der Waals surface area contributed by atoms with E-state index in [1.165, 1.54) is 12.0 Å². The summed E-state index contributed by atoms with van der Waals surface area (Å²) in [6, 6.07) is 10.5. The Hall–Kier alpha value is -0.860. The van der Waals surface area contributed by atoms with Crippen LogP contribution in [-0.4, -0.2) is 28.2 Å². The molecule has 0 aliphatic carbocycles. The van der Waals surface area contributed by atoms with Crippen LogP contribution >= 0.6 is 0 Å². The van der Waals surface area contributed by atoms with Crippen molar-refractivity contribution in [2.45, 2.75) is 44.9 Å². The van der Waals surface area contributed by atoms with Crippen molar-refractivity contribution in [1.82, 2.24) is 4.90 Å². The zero-order valence-corrected chi connectivity index (χ0v) is 10.2. The Kier molecular flexibility index (Phi) is 3.31. The molecule has 1 saturated heterocycles. The van der Waals surface area contributed by atoms with E-state index in [0.717, 1.165) is 19.5 Å². The lowest BCUT2D eigenvalue weighted by Gasteiger charge is -2.37. The Morgan fingerprint density at radius 1 is 1.38 bits per heavy atom. The molecule has 1 heterocycles. The standard InChI is InChI=1S/C14H21NO/c1-12(16)14(2)9-6-10-15(14)11-13-7-4-3-5-8-13/h3-5,7-8,12,16H,6,9-11H2,1-2H3/t12-,14+/m0/s1. The average molecular weight is 219 g/mol. The van der Waals surface area contributed by atoms with E-state index >= 15 is 0 Å². The lowest BCUT2D eigenvalue weighted by atomic mass is 9.92. The van der Waals surface area contributed by atoms with Crippen molar-refractivity contribution in [3.05, 3.63) is 35.9 Å². The fourth-order valence-corrected chi connectivity index (χ4v) is 2.58. The molecule has 1 N–H and O–H groups in total. The molecule has 1 aromatic rings. The van der Waals surface area contributed by atoms with Crippen molar-refractivity contribution in [1.29, 1.82) is 0 Å². The van der Waals surface area contributed by atoms with E-state index in [0.29, 0.717) is 0 Å². The monoisotopic (exact) mass is 219 g/mol. The van der Waals surface area contributed by atoms with Crippen LogP contribution in [0.5, 0.6) is 0 Å². The molecule has 1 aliphatic heterocycles. The molecule has 1 aliphatic rings. The SMILES string of the molecule is C[C@H](O)[C@@]1(C)CCCN1Cc1ccccc1. The Labute approximate surface area is 97.9 Å². The van der Waals surface area contributed by atoms with Crippen molar-refractivity contribution in [2.24, 2.45) is 0 Å². The molecule has 1 fully saturated rings. The Balaban J connectivity index is 2.10. The Morgan fingerprint density at radius 2 is 2.06 bits per heavy atom. The van der Waals surface area contributed by atoms with Gasteiger partial charge >= 0.3 is 0 Å². The van der Waals surface area contributed by atoms with Gasteiger partial charge < -0.3 is 5.11 Å². The van der Waals surface area contributed by atoms with E-state index in [1.807, 2.05) is 13.0 Å². The largest absolute Gasteiger partial charge is 0.391 e. The minimum absolute atomic E-state index is 0.0458. The van der Waals surface area contributed by atoms with Crippen LogP contribution in [0.2, 0.25) is 0 Å². The highest BCUT2D eigenvalue weighted by molar-refractivity contribution is 5.15. The maximum Gasteiger partial charge on any atom is 0.0693 e. The molecule has 0 amide bonds. The molecule has 2 nitrogen and oxygen atoms in total. The van der Waals surface area contributed by atoms with Gasteiger partial charge in [-0.2, -0.15) is 0 Å². The summed E-state index contributed by atoms with van der Waals surface area (Å²) < 4.78 is 0. The van der Waals surface area contributed by atoms with Crippen molar-refractivity contribution < 1.29 is 5.11 Å². The zero-order valence-electron chi connectivity index (χ0n) is 10.2. The highest BCUT2D eigenvalue weighted by atomic mass is 16.3. The van der Waals surface area contributed by atoms with Gasteiger partial charge in [0, 0.05) is 12.1 Å². The fourth-order valence-electron chi connectivity index (χ4n) is 2.58. The molecular weight excluding hydrogens is 198 g/mol. The maximum atomic E-state index is 9.92. The number of likely N-dealkylation sites (tertiary alicyclic amines) is 1. The number of benzene rings is 1. The molecule has 0 aromatic heterocycles. The number of aliphatic hydroxyl groups excluding tert-OH is 1. The quantitative estimate of drug-likeness (QED) is 0.844. The summed E-state index contributed by atoms with van der Waals surface area (Å²) in [5, 5.41) is 9.92. The van der Waals surface area contributed by atoms with Gasteiger partial charge in [-0.25, -0.2) is 0 Å². The summed E-state index contributed by atoms with van der Waals surface area (Å²) in [7, 11) is 0. The second-order valence-corrected chi connectivity index (χ2v) is 5.04. The predicted octanol–water partition coefficient (Wildman–Crippen LogP) is 2.42. The molecule has 0 bridgehead atoms. The highest BCUT2D eigenvalue weighted by Crippen LogP contribution is 2.33. The molecule has 0 unspecified atom stereocenters. The number of hydrogen-bond acceptors (Lipinski definition) is 2. The molecule has 16 heavy (non-hydrogen) atoms. The van der Waals surface area contributed by atoms with E-state index in [2.05, 4.69) is 36.1 Å². The summed E-state index contributed by atoms with van der Waals surface area (Å²) in [4.78, 5) is 2.41. The van der Waals surface area contributed by atoms with E-state index in [4.69, 9.17) is 0 Å². The number of rotatable bonds is 3. The van der Waals surface area contributed by atoms with Gasteiger partial charge in [-0.15, -0.1) is 0 Å². The van der Waals surface area contributed by atoms with Crippen molar-refractivity contribution in [3.8, 4) is 0 Å². The molecule has 2 atom stereocenters. The smallest absolute Gasteiger partial charge is 0.0693 e. The summed E-state index contributed by atoms with van der Waals surface area (Å²) in [6.45, 7) is 6.12. The van der Waals surface area contributed by atoms with Gasteiger partial charge in [0.2, 0.25) is 0 Å². The van der Waals surface area contributed by atoms with Gasteiger partial charge in [0.05, 0.1) is 6.10 Å². The van der Waals surface area contributed by atoms with Crippen LogP contribution in [0.1, 0.15) is 32.3 Å². The van der Waals surface area contributed by atoms with Crippen molar-refractivity contribution in [2.75, 3.05) is 6.54 Å². The maximum absolute atomic E-state index is 9.92. The van der Waals surface area contributed by atoms with Gasteiger partial charge in [0.15, 0.2) is 0 Å². The zero-order chi connectivity index (χ0) is 11.6. The van der Waals surface area contributed by atoms with Crippen LogP contribution in [0.15, 0.2) is 30.3 Å². The first-order chi connectivity index (χ1) is 7.63. The van der Waals surface area contributed by atoms with E-state index in [-0.39, 0.29) is 11.6 Å². The van der Waals surface area contributed by atoms with Crippen LogP contribution < -0.4 is 0 Å². The number of hydrogen-bond donors (Lipinski definition) is 1. The minimum Gasteiger partial charge on any atom is -0.391 e. The van der Waals surface area contributed by atoms with E-state index in [9.17, 15) is 5.11 Å². The lowest BCUT2D eigenvalue weighted by molar-refractivity contribution is 0.0113. The molecule has 0 radical (unpaired) electrons. The molecule has 88 valence electrons. The summed E-state index contributed by atoms with van der Waals surface area (Å²) in [5.74, 6) is 0. The molecule has 2 rings (SSSR count). The van der Waals surface area contributed by atoms with Gasteiger partial charge in [-0.1, -0.05) is 30.3 Å². The third-order valence-electron chi connectivity index (χ3n) is 3.95. The summed E-state index contributed by atoms with van der Waals surface area (Å²) in [5.41, 5.74) is 1.28. The summed E-state index contributed by atoms with van der Waals surface area (Å²) in [6.07, 6.45) is 2.02. The first-order valence-corrected chi connectivity index (χ1v) is 6.10. The average Bonchev–Trinajstić information content (AvgIpc) is 2.63. The van der Waals surface area contributed by atoms with Gasteiger partial charge in [0.25, 0.3) is 0 Å². The number of nitrogens with zero attached hydrogens (tertiary/aromatic N) is 1. The van der Waals surface area contributed by atoms with Gasteiger partial charge in [-0.3, -0.25) is 4.90 Å². The second-order valence-electron chi connectivity index (χ2n) is 5.04. The molecular formula is C14H21NO. The molecule has 0 saturated carbocycles. The normalized spacial score (nSPS) is 28.2. The second kappa shape index (κ2) is 4.56. The lowest BCUT2D eigenvalue weighted by Crippen LogP contribution is -2.48. The van der Waals surface area contributed by atoms with Gasteiger partial charge in [-0.05, 0) is 38.8 Å². The van der Waals surface area contributed by atoms with Crippen LogP contribution in [0.4, 0.5) is 0 Å². The van der Waals surface area contributed by atoms with Crippen molar-refractivity contribution >= 4 is 0 Å². The van der Waals surface area contributed by atoms with Crippen LogP contribution in [0.3, 0.4) is 0 Å². The number of aliphatic hydroxyl groups is 1. The minimum atomic E-state index is -0.265.